The minimum atomic E-state index is 0.347. The summed E-state index contributed by atoms with van der Waals surface area (Å²) in [7, 11) is 0. The summed E-state index contributed by atoms with van der Waals surface area (Å²) in [6, 6.07) is 3.44. The molecule has 0 fully saturated rings. The Balaban J connectivity index is 2.00. The first-order valence-electron chi connectivity index (χ1n) is 5.62. The van der Waals surface area contributed by atoms with Gasteiger partial charge in [0.15, 0.2) is 5.82 Å². The van der Waals surface area contributed by atoms with Gasteiger partial charge in [0.25, 0.3) is 0 Å². The van der Waals surface area contributed by atoms with Crippen molar-refractivity contribution in [3.8, 4) is 0 Å². The van der Waals surface area contributed by atoms with Crippen LogP contribution in [0.25, 0.3) is 0 Å². The summed E-state index contributed by atoms with van der Waals surface area (Å²) in [5.41, 5.74) is 6.49. The van der Waals surface area contributed by atoms with Crippen molar-refractivity contribution < 1.29 is 9.26 Å². The third kappa shape index (κ3) is 3.42. The fourth-order valence-corrected chi connectivity index (χ4v) is 1.38. The van der Waals surface area contributed by atoms with E-state index in [1.54, 1.807) is 12.1 Å². The van der Waals surface area contributed by atoms with Crippen LogP contribution < -0.4 is 11.1 Å². The van der Waals surface area contributed by atoms with Crippen LogP contribution >= 0.6 is 0 Å². The van der Waals surface area contributed by atoms with Gasteiger partial charge in [0.1, 0.15) is 30.2 Å². The van der Waals surface area contributed by atoms with Crippen molar-refractivity contribution in [1.82, 2.24) is 15.1 Å². The molecular formula is C11H15N5O2. The maximum absolute atomic E-state index is 5.70. The van der Waals surface area contributed by atoms with E-state index in [9.17, 15) is 0 Å². The van der Waals surface area contributed by atoms with Crippen LogP contribution in [0, 0.1) is 0 Å². The van der Waals surface area contributed by atoms with Gasteiger partial charge in [-0.2, -0.15) is 0 Å². The molecule has 0 aliphatic carbocycles. The van der Waals surface area contributed by atoms with E-state index in [1.807, 2.05) is 6.92 Å². The molecule has 0 aromatic carbocycles. The molecule has 0 atom stereocenters. The number of hydrogen-bond donors (Lipinski definition) is 2. The largest absolute Gasteiger partial charge is 0.384 e. The Morgan fingerprint density at radius 1 is 1.44 bits per heavy atom. The van der Waals surface area contributed by atoms with E-state index in [4.69, 9.17) is 15.0 Å². The molecule has 3 N–H and O–H groups in total. The number of nitrogens with two attached hydrogens (primary N) is 1. The number of anilines is 2. The van der Waals surface area contributed by atoms with Gasteiger partial charge in [0.05, 0.1) is 6.54 Å². The molecule has 7 nitrogen and oxygen atoms in total. The van der Waals surface area contributed by atoms with E-state index in [2.05, 4.69) is 20.4 Å². The van der Waals surface area contributed by atoms with Gasteiger partial charge >= 0.3 is 0 Å². The van der Waals surface area contributed by atoms with Crippen LogP contribution in [0.4, 0.5) is 11.6 Å². The number of hydrogen-bond acceptors (Lipinski definition) is 7. The van der Waals surface area contributed by atoms with Crippen LogP contribution in [0.5, 0.6) is 0 Å². The minimum Gasteiger partial charge on any atom is -0.384 e. The van der Waals surface area contributed by atoms with Crippen LogP contribution in [0.15, 0.2) is 22.9 Å². The third-order valence-corrected chi connectivity index (χ3v) is 2.17. The number of nitrogens with zero attached hydrogens (tertiary/aromatic N) is 3. The molecule has 0 saturated carbocycles. The van der Waals surface area contributed by atoms with E-state index >= 15 is 0 Å². The van der Waals surface area contributed by atoms with Gasteiger partial charge in [0.2, 0.25) is 0 Å². The van der Waals surface area contributed by atoms with Gasteiger partial charge < -0.3 is 20.3 Å². The second-order valence-electron chi connectivity index (χ2n) is 3.58. The molecule has 0 aliphatic heterocycles. The van der Waals surface area contributed by atoms with Crippen molar-refractivity contribution in [2.24, 2.45) is 0 Å². The van der Waals surface area contributed by atoms with Gasteiger partial charge in [-0.25, -0.2) is 9.97 Å². The van der Waals surface area contributed by atoms with Crippen molar-refractivity contribution in [3.63, 3.8) is 0 Å². The van der Waals surface area contributed by atoms with Gasteiger partial charge in [-0.3, -0.25) is 0 Å². The molecular weight excluding hydrogens is 234 g/mol. The van der Waals surface area contributed by atoms with Crippen LogP contribution in [0.1, 0.15) is 18.4 Å². The zero-order valence-electron chi connectivity index (χ0n) is 10.1. The molecule has 2 rings (SSSR count). The van der Waals surface area contributed by atoms with E-state index in [0.29, 0.717) is 37.2 Å². The van der Waals surface area contributed by atoms with Gasteiger partial charge in [-0.05, 0) is 6.92 Å². The highest BCUT2D eigenvalue weighted by atomic mass is 16.5. The average molecular weight is 249 g/mol. The highest BCUT2D eigenvalue weighted by molar-refractivity contribution is 5.44. The molecule has 2 aromatic heterocycles. The number of ether oxygens (including phenoxy) is 1. The van der Waals surface area contributed by atoms with Crippen molar-refractivity contribution in [1.29, 1.82) is 0 Å². The quantitative estimate of drug-likeness (QED) is 0.793. The van der Waals surface area contributed by atoms with E-state index in [1.165, 1.54) is 6.26 Å². The Labute approximate surface area is 104 Å². The highest BCUT2D eigenvalue weighted by Crippen LogP contribution is 2.10. The zero-order chi connectivity index (χ0) is 12.8. The average Bonchev–Trinajstić information content (AvgIpc) is 2.86. The molecule has 2 aromatic rings. The van der Waals surface area contributed by atoms with Crippen molar-refractivity contribution in [2.75, 3.05) is 17.7 Å². The predicted octanol–water partition coefficient (Wildman–Crippen LogP) is 1.20. The lowest BCUT2D eigenvalue weighted by atomic mass is 10.4. The van der Waals surface area contributed by atoms with Crippen LogP contribution in [-0.2, 0) is 17.9 Å². The molecule has 0 radical (unpaired) electrons. The van der Waals surface area contributed by atoms with Crippen molar-refractivity contribution in [2.45, 2.75) is 20.1 Å². The summed E-state index contributed by atoms with van der Waals surface area (Å²) < 4.78 is 9.98. The monoisotopic (exact) mass is 249 g/mol. The maximum Gasteiger partial charge on any atom is 0.158 e. The summed E-state index contributed by atoms with van der Waals surface area (Å²) >= 11 is 0. The Morgan fingerprint density at radius 3 is 3.06 bits per heavy atom. The molecule has 96 valence electrons. The topological polar surface area (TPSA) is 99.1 Å². The van der Waals surface area contributed by atoms with Crippen molar-refractivity contribution in [3.05, 3.63) is 29.9 Å². The number of aromatic nitrogens is 3. The second kappa shape index (κ2) is 5.97. The zero-order valence-corrected chi connectivity index (χ0v) is 10.1. The smallest absolute Gasteiger partial charge is 0.158 e. The predicted molar refractivity (Wildman–Crippen MR) is 65.6 cm³/mol. The summed E-state index contributed by atoms with van der Waals surface area (Å²) in [6.45, 7) is 3.39. The lowest BCUT2D eigenvalue weighted by Crippen LogP contribution is -2.07. The molecule has 18 heavy (non-hydrogen) atoms. The lowest BCUT2D eigenvalue weighted by Gasteiger charge is -2.07. The van der Waals surface area contributed by atoms with Gasteiger partial charge in [-0.1, -0.05) is 5.16 Å². The first-order valence-corrected chi connectivity index (χ1v) is 5.62. The third-order valence-electron chi connectivity index (χ3n) is 2.17. The first-order chi connectivity index (χ1) is 8.78. The van der Waals surface area contributed by atoms with Gasteiger partial charge in [-0.15, -0.1) is 0 Å². The Morgan fingerprint density at radius 2 is 2.33 bits per heavy atom. The number of nitrogens with one attached hydrogen (secondary N) is 1. The normalized spacial score (nSPS) is 10.5. The molecule has 0 amide bonds. The van der Waals surface area contributed by atoms with Crippen LogP contribution in [-0.4, -0.2) is 21.7 Å². The highest BCUT2D eigenvalue weighted by Gasteiger charge is 2.03. The molecule has 7 heteroatoms. The maximum atomic E-state index is 5.70. The van der Waals surface area contributed by atoms with Crippen molar-refractivity contribution >= 4 is 11.6 Å². The molecule has 0 unspecified atom stereocenters. The van der Waals surface area contributed by atoms with Crippen LogP contribution in [0.2, 0.25) is 0 Å². The number of rotatable bonds is 6. The Kier molecular flexibility index (Phi) is 4.08. The SMILES string of the molecule is CCOCc1nc(N)cc(NCc2ccon2)n1. The fraction of sp³-hybridized carbons (Fsp3) is 0.364. The van der Waals surface area contributed by atoms with Gasteiger partial charge in [0, 0.05) is 18.7 Å². The van der Waals surface area contributed by atoms with Crippen LogP contribution in [0.3, 0.4) is 0 Å². The minimum absolute atomic E-state index is 0.347. The Bertz CT molecular complexity index is 486. The second-order valence-corrected chi connectivity index (χ2v) is 3.58. The summed E-state index contributed by atoms with van der Waals surface area (Å²) in [5, 5.41) is 6.88. The summed E-state index contributed by atoms with van der Waals surface area (Å²) in [6.07, 6.45) is 1.52. The lowest BCUT2D eigenvalue weighted by molar-refractivity contribution is 0.128. The molecule has 0 saturated heterocycles. The van der Waals surface area contributed by atoms with E-state index < -0.39 is 0 Å². The molecule has 0 bridgehead atoms. The molecule has 2 heterocycles. The number of nitrogen functional groups attached to an aromatic ring is 1. The molecule has 0 spiro atoms. The summed E-state index contributed by atoms with van der Waals surface area (Å²) in [4.78, 5) is 8.37. The standard InChI is InChI=1S/C11H15N5O2/c1-2-17-7-11-14-9(12)5-10(15-11)13-6-8-3-4-18-16-8/h3-5H,2,6-7H2,1H3,(H3,12,13,14,15). The summed E-state index contributed by atoms with van der Waals surface area (Å²) in [5.74, 6) is 1.60. The molecule has 0 aliphatic rings. The Hall–Kier alpha value is -2.15. The first kappa shape index (κ1) is 12.3. The van der Waals surface area contributed by atoms with E-state index in [0.717, 1.165) is 5.69 Å². The van der Waals surface area contributed by atoms with E-state index in [-0.39, 0.29) is 0 Å². The fourth-order valence-electron chi connectivity index (χ4n) is 1.38.